The summed E-state index contributed by atoms with van der Waals surface area (Å²) in [6.07, 6.45) is -7.68. The van der Waals surface area contributed by atoms with Crippen LogP contribution in [0.25, 0.3) is 0 Å². The van der Waals surface area contributed by atoms with Crippen molar-refractivity contribution >= 4 is 21.6 Å². The first-order valence-electron chi connectivity index (χ1n) is 10.1. The molecule has 2 N–H and O–H groups in total. The second-order valence-corrected chi connectivity index (χ2v) is 9.73. The summed E-state index contributed by atoms with van der Waals surface area (Å²) in [4.78, 5) is 15.4. The van der Waals surface area contributed by atoms with Crippen LogP contribution in [-0.4, -0.2) is 25.6 Å². The van der Waals surface area contributed by atoms with Gasteiger partial charge in [0.15, 0.2) is 0 Å². The molecule has 0 radical (unpaired) electrons. The average molecular weight is 531 g/mol. The van der Waals surface area contributed by atoms with Crippen molar-refractivity contribution in [2.45, 2.75) is 24.8 Å². The number of carbonyl (C=O) groups is 1. The van der Waals surface area contributed by atoms with Gasteiger partial charge < -0.3 is 5.73 Å². The Balaban J connectivity index is 1.97. The molecule has 36 heavy (non-hydrogen) atoms. The van der Waals surface area contributed by atoms with E-state index in [0.29, 0.717) is 6.07 Å². The van der Waals surface area contributed by atoms with E-state index in [4.69, 9.17) is 5.73 Å². The fourth-order valence-electron chi connectivity index (χ4n) is 3.59. The molecule has 1 heterocycles. The number of sulfonamides is 1. The van der Waals surface area contributed by atoms with Gasteiger partial charge in [-0.25, -0.2) is 8.42 Å². The van der Waals surface area contributed by atoms with E-state index in [1.807, 2.05) is 0 Å². The Kier molecular flexibility index (Phi) is 7.35. The van der Waals surface area contributed by atoms with Crippen LogP contribution in [0.4, 0.5) is 32.0 Å². The highest BCUT2D eigenvalue weighted by Gasteiger charge is 2.35. The summed E-state index contributed by atoms with van der Waals surface area (Å²) < 4.78 is 104. The molecule has 1 amide bonds. The largest absolute Gasteiger partial charge is 0.433 e. The fraction of sp³-hybridized carbons (Fsp3) is 0.217. The number of pyridine rings is 1. The standard InChI is InChI=1S/C23H19F6N3O3S/c1-36(34,35)32(13-16-4-2-3-5-18(16)22(24,25)26)17-9-6-14(7-10-17)20(21(30)33)15-8-11-19(31-12-15)23(27,28)29/h2-12,20H,13H2,1H3,(H2,30,33). The number of hydrogen-bond acceptors (Lipinski definition) is 4. The zero-order valence-corrected chi connectivity index (χ0v) is 19.3. The van der Waals surface area contributed by atoms with Gasteiger partial charge in [-0.05, 0) is 41.0 Å². The second-order valence-electron chi connectivity index (χ2n) is 7.83. The topological polar surface area (TPSA) is 93.4 Å². The maximum absolute atomic E-state index is 13.4. The molecule has 0 bridgehead atoms. The zero-order chi connectivity index (χ0) is 26.9. The van der Waals surface area contributed by atoms with E-state index in [0.717, 1.165) is 35.0 Å². The molecule has 3 aromatic rings. The van der Waals surface area contributed by atoms with Gasteiger partial charge in [-0.2, -0.15) is 26.3 Å². The highest BCUT2D eigenvalue weighted by Crippen LogP contribution is 2.34. The van der Waals surface area contributed by atoms with Crippen LogP contribution in [0.1, 0.15) is 33.9 Å². The van der Waals surface area contributed by atoms with E-state index < -0.39 is 52.0 Å². The number of anilines is 1. The molecule has 192 valence electrons. The Hall–Kier alpha value is -3.61. The molecular formula is C23H19F6N3O3S. The van der Waals surface area contributed by atoms with Crippen molar-refractivity contribution in [2.24, 2.45) is 5.73 Å². The Morgan fingerprint density at radius 3 is 1.97 bits per heavy atom. The minimum absolute atomic E-state index is 0.00647. The van der Waals surface area contributed by atoms with Crippen LogP contribution in [0.3, 0.4) is 0 Å². The van der Waals surface area contributed by atoms with Gasteiger partial charge in [0.1, 0.15) is 5.69 Å². The Labute approximate surface area is 202 Å². The lowest BCUT2D eigenvalue weighted by molar-refractivity contribution is -0.141. The maximum Gasteiger partial charge on any atom is 0.433 e. The van der Waals surface area contributed by atoms with E-state index in [2.05, 4.69) is 4.98 Å². The smallest absolute Gasteiger partial charge is 0.369 e. The van der Waals surface area contributed by atoms with Gasteiger partial charge in [0.25, 0.3) is 0 Å². The van der Waals surface area contributed by atoms with Crippen LogP contribution in [-0.2, 0) is 33.7 Å². The highest BCUT2D eigenvalue weighted by atomic mass is 32.2. The van der Waals surface area contributed by atoms with Crippen LogP contribution in [0, 0.1) is 0 Å². The molecule has 0 fully saturated rings. The summed E-state index contributed by atoms with van der Waals surface area (Å²) in [5.41, 5.74) is 3.33. The lowest BCUT2D eigenvalue weighted by atomic mass is 9.91. The first-order valence-corrected chi connectivity index (χ1v) is 12.0. The van der Waals surface area contributed by atoms with Crippen molar-refractivity contribution in [3.05, 3.63) is 94.8 Å². The third kappa shape index (κ3) is 6.14. The molecule has 0 aliphatic rings. The predicted octanol–water partition coefficient (Wildman–Crippen LogP) is 4.70. The number of nitrogens with two attached hydrogens (primary N) is 1. The highest BCUT2D eigenvalue weighted by molar-refractivity contribution is 7.92. The van der Waals surface area contributed by atoms with Crippen LogP contribution in [0.15, 0.2) is 66.9 Å². The lowest BCUT2D eigenvalue weighted by Gasteiger charge is -2.25. The number of halogens is 6. The molecule has 0 aliphatic heterocycles. The van der Waals surface area contributed by atoms with Crippen molar-refractivity contribution < 1.29 is 39.6 Å². The summed E-state index contributed by atoms with van der Waals surface area (Å²) in [7, 11) is -4.04. The van der Waals surface area contributed by atoms with Gasteiger partial charge in [-0.1, -0.05) is 36.4 Å². The molecule has 6 nitrogen and oxygen atoms in total. The first kappa shape index (κ1) is 27.0. The van der Waals surface area contributed by atoms with E-state index in [1.165, 1.54) is 36.4 Å². The number of nitrogens with zero attached hydrogens (tertiary/aromatic N) is 2. The van der Waals surface area contributed by atoms with Crippen LogP contribution < -0.4 is 10.0 Å². The maximum atomic E-state index is 13.4. The molecule has 1 aromatic heterocycles. The number of aromatic nitrogens is 1. The number of primary amides is 1. The van der Waals surface area contributed by atoms with Crippen molar-refractivity contribution in [1.29, 1.82) is 0 Å². The third-order valence-corrected chi connectivity index (χ3v) is 6.39. The molecule has 0 saturated carbocycles. The molecule has 3 rings (SSSR count). The minimum Gasteiger partial charge on any atom is -0.369 e. The van der Waals surface area contributed by atoms with Crippen LogP contribution in [0.2, 0.25) is 0 Å². The molecule has 13 heteroatoms. The van der Waals surface area contributed by atoms with E-state index in [9.17, 15) is 39.6 Å². The van der Waals surface area contributed by atoms with Crippen molar-refractivity contribution in [2.75, 3.05) is 10.6 Å². The number of alkyl halides is 6. The van der Waals surface area contributed by atoms with Gasteiger partial charge >= 0.3 is 12.4 Å². The summed E-state index contributed by atoms with van der Waals surface area (Å²) in [6.45, 7) is -0.615. The Morgan fingerprint density at radius 1 is 0.917 bits per heavy atom. The number of rotatable bonds is 7. The van der Waals surface area contributed by atoms with Gasteiger partial charge in [-0.15, -0.1) is 0 Å². The summed E-state index contributed by atoms with van der Waals surface area (Å²) in [6, 6.07) is 11.5. The van der Waals surface area contributed by atoms with E-state index in [-0.39, 0.29) is 22.4 Å². The zero-order valence-electron chi connectivity index (χ0n) is 18.5. The number of benzene rings is 2. The molecule has 1 unspecified atom stereocenters. The van der Waals surface area contributed by atoms with Crippen molar-refractivity contribution in [3.8, 4) is 0 Å². The van der Waals surface area contributed by atoms with E-state index in [1.54, 1.807) is 0 Å². The number of carbonyl (C=O) groups excluding carboxylic acids is 1. The Bertz CT molecular complexity index is 1340. The molecule has 2 aromatic carbocycles. The Morgan fingerprint density at radius 2 is 1.50 bits per heavy atom. The number of hydrogen-bond donors (Lipinski definition) is 1. The molecular weight excluding hydrogens is 512 g/mol. The van der Waals surface area contributed by atoms with Gasteiger partial charge in [0, 0.05) is 6.20 Å². The van der Waals surface area contributed by atoms with Crippen molar-refractivity contribution in [1.82, 2.24) is 4.98 Å². The lowest BCUT2D eigenvalue weighted by Crippen LogP contribution is -2.30. The van der Waals surface area contributed by atoms with Crippen molar-refractivity contribution in [3.63, 3.8) is 0 Å². The van der Waals surface area contributed by atoms with Gasteiger partial charge in [0.2, 0.25) is 15.9 Å². The summed E-state index contributed by atoms with van der Waals surface area (Å²) >= 11 is 0. The normalized spacial score (nSPS) is 13.3. The van der Waals surface area contributed by atoms with Gasteiger partial charge in [0.05, 0.1) is 30.0 Å². The average Bonchev–Trinajstić information content (AvgIpc) is 2.76. The monoisotopic (exact) mass is 531 g/mol. The molecule has 0 saturated heterocycles. The van der Waals surface area contributed by atoms with E-state index >= 15 is 0 Å². The molecule has 1 atom stereocenters. The number of amides is 1. The molecule has 0 spiro atoms. The third-order valence-electron chi connectivity index (χ3n) is 5.25. The quantitative estimate of drug-likeness (QED) is 0.448. The fourth-order valence-corrected chi connectivity index (χ4v) is 4.47. The second kappa shape index (κ2) is 9.80. The molecule has 0 aliphatic carbocycles. The minimum atomic E-state index is -4.70. The summed E-state index contributed by atoms with van der Waals surface area (Å²) in [5, 5.41) is 0. The van der Waals surface area contributed by atoms with Crippen LogP contribution in [0.5, 0.6) is 0 Å². The van der Waals surface area contributed by atoms with Gasteiger partial charge in [-0.3, -0.25) is 14.1 Å². The predicted molar refractivity (Wildman–Crippen MR) is 119 cm³/mol. The SMILES string of the molecule is CS(=O)(=O)N(Cc1ccccc1C(F)(F)F)c1ccc(C(C(N)=O)c2ccc(C(F)(F)F)nc2)cc1. The first-order chi connectivity index (χ1) is 16.6. The van der Waals surface area contributed by atoms with Crippen LogP contribution >= 0.6 is 0 Å². The summed E-state index contributed by atoms with van der Waals surface area (Å²) in [5.74, 6) is -2.10.